The molecule has 1 atom stereocenters. The summed E-state index contributed by atoms with van der Waals surface area (Å²) < 4.78 is 0. The van der Waals surface area contributed by atoms with Crippen LogP contribution in [0.2, 0.25) is 0 Å². The molecule has 0 saturated heterocycles. The summed E-state index contributed by atoms with van der Waals surface area (Å²) in [7, 11) is 0. The Kier molecular flexibility index (Phi) is 36.9. The predicted octanol–water partition coefficient (Wildman–Crippen LogP) is 11.5. The zero-order valence-corrected chi connectivity index (χ0v) is 17.8. The minimum atomic E-state index is 0. The van der Waals surface area contributed by atoms with Crippen molar-refractivity contribution in [2.45, 2.75) is 131 Å². The molecule has 0 nitrogen and oxygen atoms in total. The maximum atomic E-state index is 2.37. The van der Waals surface area contributed by atoms with E-state index in [0.29, 0.717) is 5.92 Å². The van der Waals surface area contributed by atoms with E-state index in [9.17, 15) is 0 Å². The summed E-state index contributed by atoms with van der Waals surface area (Å²) in [6, 6.07) is 10.7. The molecule has 29 heavy (non-hydrogen) atoms. The molecule has 180 valence electrons. The Morgan fingerprint density at radius 2 is 1.00 bits per heavy atom. The van der Waals surface area contributed by atoms with Crippen LogP contribution in [-0.4, -0.2) is 0 Å². The third-order valence-electron chi connectivity index (χ3n) is 5.45. The van der Waals surface area contributed by atoms with Crippen molar-refractivity contribution in [2.75, 3.05) is 0 Å². The predicted molar refractivity (Wildman–Crippen MR) is 145 cm³/mol. The van der Waals surface area contributed by atoms with E-state index in [1.54, 1.807) is 0 Å². The fourth-order valence-electron chi connectivity index (χ4n) is 2.57. The molecule has 0 spiro atoms. The third kappa shape index (κ3) is 23.4. The van der Waals surface area contributed by atoms with Gasteiger partial charge in [0.2, 0.25) is 0 Å². The fourth-order valence-corrected chi connectivity index (χ4v) is 2.57. The molecular formula is C29H64. The zero-order valence-electron chi connectivity index (χ0n) is 17.8. The van der Waals surface area contributed by atoms with Crippen molar-refractivity contribution in [3.05, 3.63) is 35.9 Å². The molecule has 0 amide bonds. The van der Waals surface area contributed by atoms with E-state index in [1.165, 1.54) is 37.7 Å². The van der Waals surface area contributed by atoms with Gasteiger partial charge in [-0.3, -0.25) is 0 Å². The minimum Gasteiger partial charge on any atom is -0.0776 e. The SMILES string of the molecule is C.C.C.C.C.CC(C)C(C)c1ccccc1.CC1CCC(C)CC1.CCC(C)C. The lowest BCUT2D eigenvalue weighted by Crippen LogP contribution is -2.08. The Bertz CT molecular complexity index is 358. The Morgan fingerprint density at radius 1 is 0.690 bits per heavy atom. The molecule has 1 unspecified atom stereocenters. The Labute approximate surface area is 190 Å². The normalized spacial score (nSPS) is 17.7. The van der Waals surface area contributed by atoms with Crippen LogP contribution >= 0.6 is 0 Å². The van der Waals surface area contributed by atoms with E-state index >= 15 is 0 Å². The van der Waals surface area contributed by atoms with Crippen LogP contribution in [-0.2, 0) is 0 Å². The van der Waals surface area contributed by atoms with Crippen LogP contribution in [0.25, 0.3) is 0 Å². The second kappa shape index (κ2) is 25.3. The highest BCUT2D eigenvalue weighted by Crippen LogP contribution is 2.27. The fraction of sp³-hybridized carbons (Fsp3) is 0.793. The third-order valence-corrected chi connectivity index (χ3v) is 5.45. The molecule has 1 aliphatic carbocycles. The molecule has 0 heterocycles. The van der Waals surface area contributed by atoms with Crippen molar-refractivity contribution in [3.63, 3.8) is 0 Å². The van der Waals surface area contributed by atoms with Gasteiger partial charge in [0, 0.05) is 0 Å². The Morgan fingerprint density at radius 3 is 1.24 bits per heavy atom. The molecule has 0 radical (unpaired) electrons. The maximum Gasteiger partial charge on any atom is -0.0167 e. The van der Waals surface area contributed by atoms with Crippen LogP contribution in [0.5, 0.6) is 0 Å². The molecule has 0 bridgehead atoms. The lowest BCUT2D eigenvalue weighted by atomic mass is 9.84. The van der Waals surface area contributed by atoms with E-state index in [1.807, 2.05) is 0 Å². The highest BCUT2D eigenvalue weighted by molar-refractivity contribution is 5.18. The van der Waals surface area contributed by atoms with E-state index in [-0.39, 0.29) is 37.1 Å². The van der Waals surface area contributed by atoms with Gasteiger partial charge >= 0.3 is 0 Å². The van der Waals surface area contributed by atoms with Gasteiger partial charge in [0.25, 0.3) is 0 Å². The van der Waals surface area contributed by atoms with E-state index in [0.717, 1.165) is 23.7 Å². The van der Waals surface area contributed by atoms with Crippen molar-refractivity contribution in [3.8, 4) is 0 Å². The number of benzene rings is 1. The molecule has 2 rings (SSSR count). The zero-order chi connectivity index (χ0) is 18.5. The first-order valence-electron chi connectivity index (χ1n) is 10.3. The summed E-state index contributed by atoms with van der Waals surface area (Å²) in [5, 5.41) is 0. The summed E-state index contributed by atoms with van der Waals surface area (Å²) in [6.45, 7) is 18.2. The van der Waals surface area contributed by atoms with Crippen LogP contribution in [0.4, 0.5) is 0 Å². The highest BCUT2D eigenvalue weighted by Gasteiger charge is 2.13. The Hall–Kier alpha value is -0.780. The van der Waals surface area contributed by atoms with Gasteiger partial charge in [-0.15, -0.1) is 0 Å². The van der Waals surface area contributed by atoms with Gasteiger partial charge < -0.3 is 0 Å². The van der Waals surface area contributed by atoms with Crippen molar-refractivity contribution in [2.24, 2.45) is 23.7 Å². The topological polar surface area (TPSA) is 0 Å². The van der Waals surface area contributed by atoms with Crippen LogP contribution in [0.3, 0.4) is 0 Å². The van der Waals surface area contributed by atoms with Crippen molar-refractivity contribution < 1.29 is 0 Å². The highest BCUT2D eigenvalue weighted by atomic mass is 14.2. The van der Waals surface area contributed by atoms with E-state index in [2.05, 4.69) is 85.7 Å². The first-order valence-corrected chi connectivity index (χ1v) is 10.3. The maximum absolute atomic E-state index is 2.37. The Balaban J connectivity index is -0.0000000666. The standard InChI is InChI=1S/C11H16.C8H16.C5H12.5CH4/c1-9(2)10(3)11-7-5-4-6-8-11;1-7-3-5-8(2)6-4-7;1-4-5(2)3;;;;;/h4-10H,1-3H3;7-8H,3-6H2,1-2H3;5H,4H2,1-3H3;5*1H4. The molecule has 1 fully saturated rings. The molecule has 0 N–H and O–H groups in total. The molecule has 1 saturated carbocycles. The summed E-state index contributed by atoms with van der Waals surface area (Å²) in [5.41, 5.74) is 1.45. The molecule has 1 aromatic rings. The lowest BCUT2D eigenvalue weighted by molar-refractivity contribution is 0.308. The number of hydrogen-bond donors (Lipinski definition) is 0. The van der Waals surface area contributed by atoms with Crippen molar-refractivity contribution >= 4 is 0 Å². The van der Waals surface area contributed by atoms with Gasteiger partial charge in [-0.2, -0.15) is 0 Å². The number of rotatable bonds is 3. The lowest BCUT2D eigenvalue weighted by Gasteiger charge is -2.22. The van der Waals surface area contributed by atoms with Gasteiger partial charge in [-0.05, 0) is 35.2 Å². The van der Waals surface area contributed by atoms with Gasteiger partial charge in [-0.1, -0.05) is 155 Å². The largest absolute Gasteiger partial charge is 0.0776 e. The van der Waals surface area contributed by atoms with Crippen molar-refractivity contribution in [1.82, 2.24) is 0 Å². The molecule has 0 heteroatoms. The quantitative estimate of drug-likeness (QED) is 0.463. The average Bonchev–Trinajstić information content (AvgIpc) is 2.58. The minimum absolute atomic E-state index is 0. The molecular weight excluding hydrogens is 348 g/mol. The molecule has 0 aromatic heterocycles. The molecule has 1 aliphatic rings. The van der Waals surface area contributed by atoms with E-state index in [4.69, 9.17) is 0 Å². The van der Waals surface area contributed by atoms with Crippen LogP contribution < -0.4 is 0 Å². The summed E-state index contributed by atoms with van der Waals surface area (Å²) in [6.07, 6.45) is 7.20. The smallest absolute Gasteiger partial charge is 0.0167 e. The summed E-state index contributed by atoms with van der Waals surface area (Å²) in [5.74, 6) is 4.33. The molecule has 0 aliphatic heterocycles. The number of hydrogen-bond acceptors (Lipinski definition) is 0. The van der Waals surface area contributed by atoms with Gasteiger partial charge in [0.05, 0.1) is 0 Å². The van der Waals surface area contributed by atoms with Crippen LogP contribution in [0.1, 0.15) is 136 Å². The average molecular weight is 413 g/mol. The molecule has 1 aromatic carbocycles. The van der Waals surface area contributed by atoms with Gasteiger partial charge in [0.1, 0.15) is 0 Å². The van der Waals surface area contributed by atoms with Crippen molar-refractivity contribution in [1.29, 1.82) is 0 Å². The summed E-state index contributed by atoms with van der Waals surface area (Å²) >= 11 is 0. The van der Waals surface area contributed by atoms with Crippen LogP contribution in [0.15, 0.2) is 30.3 Å². The summed E-state index contributed by atoms with van der Waals surface area (Å²) in [4.78, 5) is 0. The first kappa shape index (κ1) is 42.3. The second-order valence-electron chi connectivity index (χ2n) is 8.61. The van der Waals surface area contributed by atoms with Crippen LogP contribution in [0, 0.1) is 23.7 Å². The van der Waals surface area contributed by atoms with E-state index < -0.39 is 0 Å². The second-order valence-corrected chi connectivity index (χ2v) is 8.61. The first-order chi connectivity index (χ1) is 11.3. The van der Waals surface area contributed by atoms with Gasteiger partial charge in [-0.25, -0.2) is 0 Å². The monoisotopic (exact) mass is 413 g/mol. The van der Waals surface area contributed by atoms with Gasteiger partial charge in [0.15, 0.2) is 0 Å².